The quantitative estimate of drug-likeness (QED) is 0.689. The monoisotopic (exact) mass is 347 g/mol. The summed E-state index contributed by atoms with van der Waals surface area (Å²) in [6, 6.07) is 18.6. The molecule has 132 valence electrons. The van der Waals surface area contributed by atoms with Gasteiger partial charge in [-0.25, -0.2) is 0 Å². The number of carbonyl (C=O) groups is 2. The van der Waals surface area contributed by atoms with Crippen LogP contribution in [-0.4, -0.2) is 22.8 Å². The Bertz CT molecular complexity index is 909. The van der Waals surface area contributed by atoms with Gasteiger partial charge in [0.1, 0.15) is 6.04 Å². The third-order valence-electron chi connectivity index (χ3n) is 4.30. The van der Waals surface area contributed by atoms with Gasteiger partial charge in [0.25, 0.3) is 5.91 Å². The molecule has 0 radical (unpaired) electrons. The number of amides is 2. The van der Waals surface area contributed by atoms with Crippen molar-refractivity contribution in [1.29, 1.82) is 0 Å². The molecule has 0 unspecified atom stereocenters. The maximum atomic E-state index is 12.5. The van der Waals surface area contributed by atoms with Crippen molar-refractivity contribution in [3.05, 3.63) is 78.0 Å². The molecule has 0 saturated heterocycles. The van der Waals surface area contributed by atoms with Gasteiger partial charge in [0.05, 0.1) is 11.1 Å². The summed E-state index contributed by atoms with van der Waals surface area (Å²) in [5, 5.41) is 3.61. The van der Waals surface area contributed by atoms with Crippen molar-refractivity contribution in [2.45, 2.75) is 25.3 Å². The first-order valence-corrected chi connectivity index (χ1v) is 8.62. The number of aryl methyl sites for hydroxylation is 1. The van der Waals surface area contributed by atoms with E-state index in [4.69, 9.17) is 5.73 Å². The lowest BCUT2D eigenvalue weighted by Crippen LogP contribution is -2.44. The second-order valence-corrected chi connectivity index (χ2v) is 6.22. The summed E-state index contributed by atoms with van der Waals surface area (Å²) in [6.07, 6.45) is 3.60. The largest absolute Gasteiger partial charge is 0.368 e. The zero-order valence-corrected chi connectivity index (χ0v) is 14.4. The Hall–Kier alpha value is -3.21. The molecule has 1 atom stereocenters. The standard InChI is InChI=1S/C21H21N3O2/c22-20(25)19(12-6-9-15-7-2-1-3-8-15)24-21(26)17-13-16-10-4-5-11-18(16)23-14-17/h1-5,7-8,10-11,13-14,19H,6,9,12H2,(H2,22,25)(H,24,26)/t19-/m0/s1. The zero-order chi connectivity index (χ0) is 18.4. The number of aromatic nitrogens is 1. The number of primary amides is 1. The van der Waals surface area contributed by atoms with Crippen LogP contribution >= 0.6 is 0 Å². The highest BCUT2D eigenvalue weighted by Crippen LogP contribution is 2.13. The number of hydrogen-bond donors (Lipinski definition) is 2. The summed E-state index contributed by atoms with van der Waals surface area (Å²) in [5.74, 6) is -0.869. The van der Waals surface area contributed by atoms with Crippen LogP contribution in [-0.2, 0) is 11.2 Å². The minimum atomic E-state index is -0.697. The van der Waals surface area contributed by atoms with Crippen LogP contribution in [0.4, 0.5) is 0 Å². The Morgan fingerprint density at radius 2 is 1.77 bits per heavy atom. The van der Waals surface area contributed by atoms with Crippen LogP contribution in [0.3, 0.4) is 0 Å². The molecule has 2 aromatic carbocycles. The van der Waals surface area contributed by atoms with Gasteiger partial charge in [0.15, 0.2) is 0 Å². The number of rotatable bonds is 7. The third kappa shape index (κ3) is 4.45. The SMILES string of the molecule is NC(=O)[C@H](CCCc1ccccc1)NC(=O)c1cnc2ccccc2c1. The molecule has 3 aromatic rings. The number of nitrogens with one attached hydrogen (secondary N) is 1. The number of nitrogens with two attached hydrogens (primary N) is 1. The van der Waals surface area contributed by atoms with Crippen LogP contribution in [0.15, 0.2) is 66.9 Å². The van der Waals surface area contributed by atoms with Crippen LogP contribution < -0.4 is 11.1 Å². The average Bonchev–Trinajstić information content (AvgIpc) is 2.67. The fourth-order valence-electron chi connectivity index (χ4n) is 2.88. The zero-order valence-electron chi connectivity index (χ0n) is 14.4. The van der Waals surface area contributed by atoms with Crippen LogP contribution in [0.5, 0.6) is 0 Å². The minimum absolute atomic E-state index is 0.341. The second-order valence-electron chi connectivity index (χ2n) is 6.22. The van der Waals surface area contributed by atoms with E-state index in [1.807, 2.05) is 54.6 Å². The molecule has 0 aliphatic rings. The van der Waals surface area contributed by atoms with E-state index in [1.54, 1.807) is 6.07 Å². The highest BCUT2D eigenvalue weighted by atomic mass is 16.2. The summed E-state index contributed by atoms with van der Waals surface area (Å²) >= 11 is 0. The topological polar surface area (TPSA) is 85.1 Å². The second kappa shape index (κ2) is 8.25. The maximum Gasteiger partial charge on any atom is 0.253 e. The molecule has 3 rings (SSSR count). The van der Waals surface area contributed by atoms with E-state index in [0.29, 0.717) is 12.0 Å². The smallest absolute Gasteiger partial charge is 0.253 e. The van der Waals surface area contributed by atoms with E-state index in [-0.39, 0.29) is 5.91 Å². The average molecular weight is 347 g/mol. The summed E-state index contributed by atoms with van der Waals surface area (Å²) in [4.78, 5) is 28.5. The Morgan fingerprint density at radius 1 is 1.04 bits per heavy atom. The van der Waals surface area contributed by atoms with Gasteiger partial charge < -0.3 is 11.1 Å². The van der Waals surface area contributed by atoms with Gasteiger partial charge in [-0.1, -0.05) is 48.5 Å². The van der Waals surface area contributed by atoms with Crippen molar-refractivity contribution >= 4 is 22.7 Å². The third-order valence-corrected chi connectivity index (χ3v) is 4.30. The molecule has 0 fully saturated rings. The van der Waals surface area contributed by atoms with Crippen molar-refractivity contribution in [2.24, 2.45) is 5.73 Å². The molecule has 3 N–H and O–H groups in total. The number of pyridine rings is 1. The van der Waals surface area contributed by atoms with E-state index < -0.39 is 11.9 Å². The molecule has 0 bridgehead atoms. The summed E-state index contributed by atoms with van der Waals surface area (Å²) in [6.45, 7) is 0. The van der Waals surface area contributed by atoms with Gasteiger partial charge in [0.2, 0.25) is 5.91 Å². The number of benzene rings is 2. The molecular formula is C21H21N3O2. The lowest BCUT2D eigenvalue weighted by molar-refractivity contribution is -0.120. The summed E-state index contributed by atoms with van der Waals surface area (Å²) < 4.78 is 0. The minimum Gasteiger partial charge on any atom is -0.368 e. The lowest BCUT2D eigenvalue weighted by Gasteiger charge is -2.15. The Kier molecular flexibility index (Phi) is 5.59. The molecular weight excluding hydrogens is 326 g/mol. The van der Waals surface area contributed by atoms with Gasteiger partial charge in [-0.3, -0.25) is 14.6 Å². The van der Waals surface area contributed by atoms with E-state index in [1.165, 1.54) is 11.8 Å². The fourth-order valence-corrected chi connectivity index (χ4v) is 2.88. The molecule has 0 spiro atoms. The maximum absolute atomic E-state index is 12.5. The van der Waals surface area contributed by atoms with E-state index in [2.05, 4.69) is 10.3 Å². The summed E-state index contributed by atoms with van der Waals surface area (Å²) in [7, 11) is 0. The van der Waals surface area contributed by atoms with Crippen molar-refractivity contribution in [2.75, 3.05) is 0 Å². The van der Waals surface area contributed by atoms with Crippen LogP contribution in [0.1, 0.15) is 28.8 Å². The van der Waals surface area contributed by atoms with Crippen LogP contribution in [0.25, 0.3) is 10.9 Å². The van der Waals surface area contributed by atoms with E-state index >= 15 is 0 Å². The van der Waals surface area contributed by atoms with Gasteiger partial charge >= 0.3 is 0 Å². The Morgan fingerprint density at radius 3 is 2.54 bits per heavy atom. The molecule has 26 heavy (non-hydrogen) atoms. The Balaban J connectivity index is 1.62. The van der Waals surface area contributed by atoms with E-state index in [0.717, 1.165) is 23.7 Å². The van der Waals surface area contributed by atoms with Crippen molar-refractivity contribution in [3.8, 4) is 0 Å². The van der Waals surface area contributed by atoms with Crippen LogP contribution in [0, 0.1) is 0 Å². The van der Waals surface area contributed by atoms with Crippen LogP contribution in [0.2, 0.25) is 0 Å². The molecule has 0 aliphatic carbocycles. The lowest BCUT2D eigenvalue weighted by atomic mass is 10.0. The number of nitrogens with zero attached hydrogens (tertiary/aromatic N) is 1. The molecule has 1 aromatic heterocycles. The fraction of sp³-hybridized carbons (Fsp3) is 0.190. The molecule has 2 amide bonds. The first-order chi connectivity index (χ1) is 12.6. The predicted molar refractivity (Wildman–Crippen MR) is 102 cm³/mol. The predicted octanol–water partition coefficient (Wildman–Crippen LogP) is 2.84. The van der Waals surface area contributed by atoms with Crippen molar-refractivity contribution < 1.29 is 9.59 Å². The van der Waals surface area contributed by atoms with Gasteiger partial charge in [-0.15, -0.1) is 0 Å². The van der Waals surface area contributed by atoms with Crippen molar-refractivity contribution in [3.63, 3.8) is 0 Å². The number of para-hydroxylation sites is 1. The first-order valence-electron chi connectivity index (χ1n) is 8.62. The van der Waals surface area contributed by atoms with Crippen molar-refractivity contribution in [1.82, 2.24) is 10.3 Å². The number of hydrogen-bond acceptors (Lipinski definition) is 3. The number of fused-ring (bicyclic) bond motifs is 1. The Labute approximate surface area is 152 Å². The molecule has 0 saturated carbocycles. The molecule has 0 aliphatic heterocycles. The van der Waals surface area contributed by atoms with Gasteiger partial charge in [0, 0.05) is 11.6 Å². The molecule has 5 nitrogen and oxygen atoms in total. The summed E-state index contributed by atoms with van der Waals surface area (Å²) in [5.41, 5.74) is 7.89. The highest BCUT2D eigenvalue weighted by molar-refractivity contribution is 5.99. The molecule has 5 heteroatoms. The number of carbonyl (C=O) groups excluding carboxylic acids is 2. The first kappa shape index (κ1) is 17.6. The normalized spacial score (nSPS) is 11.8. The van der Waals surface area contributed by atoms with E-state index in [9.17, 15) is 9.59 Å². The highest BCUT2D eigenvalue weighted by Gasteiger charge is 2.19. The van der Waals surface area contributed by atoms with Gasteiger partial charge in [-0.2, -0.15) is 0 Å². The van der Waals surface area contributed by atoms with Gasteiger partial charge in [-0.05, 0) is 37.0 Å². The molecule has 1 heterocycles.